The van der Waals surface area contributed by atoms with Gasteiger partial charge in [-0.15, -0.1) is 11.3 Å². The zero-order chi connectivity index (χ0) is 18.1. The minimum atomic E-state index is -1.00. The van der Waals surface area contributed by atoms with E-state index in [1.165, 1.54) is 4.90 Å². The van der Waals surface area contributed by atoms with Crippen LogP contribution in [-0.2, 0) is 4.79 Å². The smallest absolute Gasteiger partial charge is 0.268 e. The zero-order valence-electron chi connectivity index (χ0n) is 14.5. The molecule has 2 N–H and O–H groups in total. The highest BCUT2D eigenvalue weighted by Crippen LogP contribution is 2.39. The van der Waals surface area contributed by atoms with E-state index in [-0.39, 0.29) is 12.5 Å². The Morgan fingerprint density at radius 2 is 2.16 bits per heavy atom. The van der Waals surface area contributed by atoms with Crippen molar-refractivity contribution in [2.24, 2.45) is 0 Å². The van der Waals surface area contributed by atoms with Crippen LogP contribution in [-0.4, -0.2) is 46.5 Å². The van der Waals surface area contributed by atoms with Crippen LogP contribution in [0.25, 0.3) is 11.3 Å². The highest BCUT2D eigenvalue weighted by Gasteiger charge is 2.34. The second-order valence-electron chi connectivity index (χ2n) is 6.12. The molecule has 25 heavy (non-hydrogen) atoms. The van der Waals surface area contributed by atoms with Gasteiger partial charge in [-0.1, -0.05) is 6.92 Å². The number of aliphatic hydroxyl groups excluding tert-OH is 2. The van der Waals surface area contributed by atoms with Crippen molar-refractivity contribution < 1.29 is 19.7 Å². The maximum Gasteiger partial charge on any atom is 0.268 e. The van der Waals surface area contributed by atoms with Crippen LogP contribution in [0.2, 0.25) is 0 Å². The Balaban J connectivity index is 2.05. The lowest BCUT2D eigenvalue weighted by molar-refractivity contribution is -0.126. The third kappa shape index (κ3) is 3.40. The fourth-order valence-corrected chi connectivity index (χ4v) is 3.82. The number of anilines is 1. The molecule has 0 fully saturated rings. The number of rotatable bonds is 5. The third-order valence-corrected chi connectivity index (χ3v) is 5.10. The summed E-state index contributed by atoms with van der Waals surface area (Å²) in [5.41, 5.74) is 2.39. The summed E-state index contributed by atoms with van der Waals surface area (Å²) in [6, 6.07) is 5.64. The number of aliphatic hydroxyl groups is 2. The average Bonchev–Trinajstić information content (AvgIpc) is 2.94. The molecule has 134 valence electrons. The summed E-state index contributed by atoms with van der Waals surface area (Å²) < 4.78 is 5.81. The number of thiazole rings is 1. The average molecular weight is 362 g/mol. The molecule has 0 aliphatic carbocycles. The number of ether oxygens (including phenoxy) is 1. The van der Waals surface area contributed by atoms with E-state index in [2.05, 4.69) is 4.98 Å². The number of aryl methyl sites for hydroxylation is 2. The van der Waals surface area contributed by atoms with Crippen LogP contribution in [0.4, 0.5) is 5.69 Å². The molecule has 3 rings (SSSR count). The predicted molar refractivity (Wildman–Crippen MR) is 97.2 cm³/mol. The Morgan fingerprint density at radius 1 is 1.40 bits per heavy atom. The van der Waals surface area contributed by atoms with Crippen molar-refractivity contribution in [1.82, 2.24) is 4.98 Å². The second-order valence-corrected chi connectivity index (χ2v) is 7.53. The molecule has 0 saturated heterocycles. The van der Waals surface area contributed by atoms with Crippen LogP contribution >= 0.6 is 11.3 Å². The number of β-amino-alcohol motifs (C(OH)–C–C–N with tert-alkyl or cyclic N) is 1. The Labute approximate surface area is 150 Å². The minimum Gasteiger partial charge on any atom is -0.478 e. The number of fused-ring (bicyclic) bond motifs is 1. The summed E-state index contributed by atoms with van der Waals surface area (Å²) >= 11 is 1.63. The first-order valence-electron chi connectivity index (χ1n) is 8.30. The van der Waals surface area contributed by atoms with Gasteiger partial charge in [0.15, 0.2) is 6.10 Å². The Hall–Kier alpha value is -1.96. The first-order valence-corrected chi connectivity index (χ1v) is 9.11. The molecule has 2 atom stereocenters. The largest absolute Gasteiger partial charge is 0.478 e. The molecule has 1 aromatic heterocycles. The molecule has 7 heteroatoms. The van der Waals surface area contributed by atoms with Gasteiger partial charge in [0.1, 0.15) is 5.75 Å². The topological polar surface area (TPSA) is 82.9 Å². The van der Waals surface area contributed by atoms with Gasteiger partial charge in [-0.3, -0.25) is 4.79 Å². The lowest BCUT2D eigenvalue weighted by Crippen LogP contribution is -2.49. The first-order chi connectivity index (χ1) is 11.9. The number of hydrogen-bond acceptors (Lipinski definition) is 6. The fraction of sp³-hybridized carbons (Fsp3) is 0.444. The van der Waals surface area contributed by atoms with Crippen LogP contribution < -0.4 is 9.64 Å². The lowest BCUT2D eigenvalue weighted by atomic mass is 10.1. The third-order valence-electron chi connectivity index (χ3n) is 4.21. The predicted octanol–water partition coefficient (Wildman–Crippen LogP) is 2.28. The summed E-state index contributed by atoms with van der Waals surface area (Å²) in [5.74, 6) is 0.399. The van der Waals surface area contributed by atoms with E-state index in [1.54, 1.807) is 11.3 Å². The SMILES string of the molecule is CCC1Oc2ccc(-c3nc(C)sc3C)cc2N(CC(O)CO)C1=O. The highest BCUT2D eigenvalue weighted by atomic mass is 32.1. The maximum atomic E-state index is 12.7. The normalized spacial score (nSPS) is 18.0. The van der Waals surface area contributed by atoms with Gasteiger partial charge in [0.25, 0.3) is 5.91 Å². The van der Waals surface area contributed by atoms with Crippen LogP contribution in [0, 0.1) is 13.8 Å². The molecular formula is C18H22N2O4S. The van der Waals surface area contributed by atoms with Crippen LogP contribution in [0.1, 0.15) is 23.2 Å². The molecule has 2 heterocycles. The minimum absolute atomic E-state index is 0.0285. The molecule has 0 spiro atoms. The van der Waals surface area contributed by atoms with E-state index in [4.69, 9.17) is 9.84 Å². The number of aromatic nitrogens is 1. The molecule has 0 bridgehead atoms. The van der Waals surface area contributed by atoms with E-state index in [1.807, 2.05) is 39.0 Å². The van der Waals surface area contributed by atoms with E-state index in [9.17, 15) is 9.90 Å². The molecule has 1 aromatic carbocycles. The molecule has 1 aliphatic rings. The van der Waals surface area contributed by atoms with Crippen LogP contribution in [0.15, 0.2) is 18.2 Å². The van der Waals surface area contributed by atoms with E-state index in [0.29, 0.717) is 17.9 Å². The van der Waals surface area contributed by atoms with Crippen LogP contribution in [0.5, 0.6) is 5.75 Å². The van der Waals surface area contributed by atoms with Gasteiger partial charge in [0.05, 0.1) is 35.6 Å². The Kier molecular flexibility index (Phi) is 5.08. The Bertz CT molecular complexity index is 789. The van der Waals surface area contributed by atoms with Gasteiger partial charge in [-0.25, -0.2) is 4.98 Å². The number of amides is 1. The monoisotopic (exact) mass is 362 g/mol. The maximum absolute atomic E-state index is 12.7. The quantitative estimate of drug-likeness (QED) is 0.853. The number of benzene rings is 1. The van der Waals surface area contributed by atoms with Crippen molar-refractivity contribution in [1.29, 1.82) is 0 Å². The van der Waals surface area contributed by atoms with Gasteiger partial charge in [-0.05, 0) is 38.5 Å². The molecule has 1 amide bonds. The molecule has 6 nitrogen and oxygen atoms in total. The first kappa shape index (κ1) is 17.8. The lowest BCUT2D eigenvalue weighted by Gasteiger charge is -2.35. The number of carbonyl (C=O) groups excluding carboxylic acids is 1. The van der Waals surface area contributed by atoms with Crippen molar-refractivity contribution >= 4 is 22.9 Å². The van der Waals surface area contributed by atoms with E-state index >= 15 is 0 Å². The molecule has 0 saturated carbocycles. The van der Waals surface area contributed by atoms with Gasteiger partial charge in [0, 0.05) is 10.4 Å². The van der Waals surface area contributed by atoms with Crippen molar-refractivity contribution in [3.8, 4) is 17.0 Å². The summed E-state index contributed by atoms with van der Waals surface area (Å²) in [6.07, 6.45) is -1.04. The summed E-state index contributed by atoms with van der Waals surface area (Å²) in [7, 11) is 0. The van der Waals surface area contributed by atoms with Crippen molar-refractivity contribution in [2.45, 2.75) is 39.4 Å². The number of hydrogen-bond donors (Lipinski definition) is 2. The summed E-state index contributed by atoms with van der Waals surface area (Å²) in [6.45, 7) is 5.48. The molecule has 1 aliphatic heterocycles. The number of nitrogens with zero attached hydrogens (tertiary/aromatic N) is 2. The molecule has 2 unspecified atom stereocenters. The molecule has 2 aromatic rings. The summed E-state index contributed by atoms with van der Waals surface area (Å²) in [5, 5.41) is 20.0. The van der Waals surface area contributed by atoms with Gasteiger partial charge in [0.2, 0.25) is 0 Å². The zero-order valence-corrected chi connectivity index (χ0v) is 15.3. The van der Waals surface area contributed by atoms with Crippen molar-refractivity contribution in [3.63, 3.8) is 0 Å². The van der Waals surface area contributed by atoms with Crippen molar-refractivity contribution in [2.75, 3.05) is 18.1 Å². The van der Waals surface area contributed by atoms with Crippen LogP contribution in [0.3, 0.4) is 0 Å². The second kappa shape index (κ2) is 7.11. The molecule has 0 radical (unpaired) electrons. The van der Waals surface area contributed by atoms with Gasteiger partial charge >= 0.3 is 0 Å². The summed E-state index contributed by atoms with van der Waals surface area (Å²) in [4.78, 5) is 19.9. The Morgan fingerprint density at radius 3 is 2.76 bits per heavy atom. The van der Waals surface area contributed by atoms with Gasteiger partial charge < -0.3 is 19.8 Å². The van der Waals surface area contributed by atoms with E-state index in [0.717, 1.165) is 21.1 Å². The van der Waals surface area contributed by atoms with Crippen molar-refractivity contribution in [3.05, 3.63) is 28.1 Å². The highest BCUT2D eigenvalue weighted by molar-refractivity contribution is 7.11. The fourth-order valence-electron chi connectivity index (χ4n) is 2.98. The van der Waals surface area contributed by atoms with Gasteiger partial charge in [-0.2, -0.15) is 0 Å². The molecular weight excluding hydrogens is 340 g/mol. The number of carbonyl (C=O) groups is 1. The standard InChI is InChI=1S/C18H22N2O4S/c1-4-15-18(23)20(8-13(22)9-21)14-7-12(5-6-16(14)24-15)17-10(2)25-11(3)19-17/h5-7,13,15,21-22H,4,8-9H2,1-3H3. The van der Waals surface area contributed by atoms with E-state index < -0.39 is 18.8 Å².